The number of aryl methyl sites for hydroxylation is 1. The highest BCUT2D eigenvalue weighted by molar-refractivity contribution is 7.18. The van der Waals surface area contributed by atoms with Gasteiger partial charge in [-0.3, -0.25) is 0 Å². The number of aromatic amines is 1. The predicted octanol–water partition coefficient (Wildman–Crippen LogP) is 2.03. The SMILES string of the molecule is CCc1cc2c(NCc3nn[nH]n3)nc(Cl)nc2s1. The number of aromatic nitrogens is 6. The number of nitrogens with zero attached hydrogens (tertiary/aromatic N) is 5. The highest BCUT2D eigenvalue weighted by Gasteiger charge is 2.11. The maximum Gasteiger partial charge on any atom is 0.225 e. The lowest BCUT2D eigenvalue weighted by Crippen LogP contribution is -2.04. The van der Waals surface area contributed by atoms with Gasteiger partial charge >= 0.3 is 0 Å². The van der Waals surface area contributed by atoms with Gasteiger partial charge in [0.25, 0.3) is 0 Å². The topological polar surface area (TPSA) is 92.3 Å². The van der Waals surface area contributed by atoms with Crippen molar-refractivity contribution in [2.45, 2.75) is 19.9 Å². The van der Waals surface area contributed by atoms with Gasteiger partial charge in [0.15, 0.2) is 5.82 Å². The summed E-state index contributed by atoms with van der Waals surface area (Å²) >= 11 is 7.56. The van der Waals surface area contributed by atoms with E-state index in [0.29, 0.717) is 18.2 Å². The van der Waals surface area contributed by atoms with E-state index in [1.165, 1.54) is 4.88 Å². The number of H-pyrrole nitrogens is 1. The molecule has 0 radical (unpaired) electrons. The average molecular weight is 296 g/mol. The Morgan fingerprint density at radius 2 is 2.32 bits per heavy atom. The van der Waals surface area contributed by atoms with Gasteiger partial charge in [-0.2, -0.15) is 5.21 Å². The molecule has 0 aliphatic rings. The molecular weight excluding hydrogens is 286 g/mol. The fraction of sp³-hybridized carbons (Fsp3) is 0.300. The van der Waals surface area contributed by atoms with Gasteiger partial charge in [0.2, 0.25) is 5.28 Å². The van der Waals surface area contributed by atoms with Crippen LogP contribution in [-0.2, 0) is 13.0 Å². The third kappa shape index (κ3) is 2.49. The number of nitrogens with one attached hydrogen (secondary N) is 2. The van der Waals surface area contributed by atoms with Crippen molar-refractivity contribution in [3.8, 4) is 0 Å². The van der Waals surface area contributed by atoms with Gasteiger partial charge in [0.05, 0.1) is 11.9 Å². The molecule has 0 bridgehead atoms. The molecule has 0 aliphatic carbocycles. The molecule has 0 aliphatic heterocycles. The molecule has 0 aromatic carbocycles. The Labute approximate surface area is 117 Å². The van der Waals surface area contributed by atoms with Crippen LogP contribution in [0.3, 0.4) is 0 Å². The number of hydrogen-bond donors (Lipinski definition) is 2. The minimum Gasteiger partial charge on any atom is -0.362 e. The van der Waals surface area contributed by atoms with E-state index in [0.717, 1.165) is 16.6 Å². The van der Waals surface area contributed by atoms with Crippen LogP contribution in [0.4, 0.5) is 5.82 Å². The number of hydrogen-bond acceptors (Lipinski definition) is 7. The molecule has 2 N–H and O–H groups in total. The molecule has 0 atom stereocenters. The molecule has 0 unspecified atom stereocenters. The summed E-state index contributed by atoms with van der Waals surface area (Å²) in [5, 5.41) is 18.0. The molecular formula is C10H10ClN7S. The second-order valence-corrected chi connectivity index (χ2v) is 5.26. The Balaban J connectivity index is 1.94. The van der Waals surface area contributed by atoms with Crippen LogP contribution in [-0.4, -0.2) is 30.6 Å². The third-order valence-corrected chi connectivity index (χ3v) is 3.91. The number of tetrazole rings is 1. The molecule has 3 rings (SSSR count). The number of rotatable bonds is 4. The van der Waals surface area contributed by atoms with E-state index >= 15 is 0 Å². The van der Waals surface area contributed by atoms with E-state index in [1.54, 1.807) is 11.3 Å². The highest BCUT2D eigenvalue weighted by atomic mass is 35.5. The van der Waals surface area contributed by atoms with Crippen molar-refractivity contribution >= 4 is 39.0 Å². The van der Waals surface area contributed by atoms with E-state index in [1.807, 2.05) is 0 Å². The molecule has 0 amide bonds. The zero-order valence-electron chi connectivity index (χ0n) is 10.0. The van der Waals surface area contributed by atoms with Crippen LogP contribution in [0, 0.1) is 0 Å². The Morgan fingerprint density at radius 1 is 1.42 bits per heavy atom. The first kappa shape index (κ1) is 12.2. The van der Waals surface area contributed by atoms with Crippen molar-refractivity contribution in [2.75, 3.05) is 5.32 Å². The van der Waals surface area contributed by atoms with Crippen molar-refractivity contribution in [3.63, 3.8) is 0 Å². The van der Waals surface area contributed by atoms with Gasteiger partial charge < -0.3 is 5.32 Å². The van der Waals surface area contributed by atoms with Crippen molar-refractivity contribution < 1.29 is 0 Å². The first-order chi connectivity index (χ1) is 9.26. The van der Waals surface area contributed by atoms with Gasteiger partial charge in [-0.15, -0.1) is 21.5 Å². The Bertz CT molecular complexity index is 693. The fourth-order valence-electron chi connectivity index (χ4n) is 1.67. The number of fused-ring (bicyclic) bond motifs is 1. The second kappa shape index (κ2) is 5.06. The molecule has 19 heavy (non-hydrogen) atoms. The first-order valence-electron chi connectivity index (χ1n) is 5.68. The van der Waals surface area contributed by atoms with Crippen LogP contribution in [0.25, 0.3) is 10.2 Å². The quantitative estimate of drug-likeness (QED) is 0.716. The van der Waals surface area contributed by atoms with E-state index < -0.39 is 0 Å². The van der Waals surface area contributed by atoms with E-state index in [4.69, 9.17) is 11.6 Å². The smallest absolute Gasteiger partial charge is 0.225 e. The van der Waals surface area contributed by atoms with E-state index in [2.05, 4.69) is 48.9 Å². The minimum absolute atomic E-state index is 0.229. The highest BCUT2D eigenvalue weighted by Crippen LogP contribution is 2.30. The lowest BCUT2D eigenvalue weighted by molar-refractivity contribution is 0.881. The van der Waals surface area contributed by atoms with Crippen LogP contribution < -0.4 is 5.32 Å². The monoisotopic (exact) mass is 295 g/mol. The second-order valence-electron chi connectivity index (χ2n) is 3.81. The van der Waals surface area contributed by atoms with Crippen molar-refractivity contribution in [3.05, 3.63) is 22.1 Å². The normalized spacial score (nSPS) is 11.1. The summed E-state index contributed by atoms with van der Waals surface area (Å²) in [4.78, 5) is 10.6. The van der Waals surface area contributed by atoms with Crippen LogP contribution >= 0.6 is 22.9 Å². The van der Waals surface area contributed by atoms with Crippen molar-refractivity contribution in [1.82, 2.24) is 30.6 Å². The summed E-state index contributed by atoms with van der Waals surface area (Å²) < 4.78 is 0. The number of thiophene rings is 1. The third-order valence-electron chi connectivity index (χ3n) is 2.57. The molecule has 0 spiro atoms. The molecule has 0 saturated carbocycles. The zero-order valence-corrected chi connectivity index (χ0v) is 11.6. The molecule has 3 heterocycles. The van der Waals surface area contributed by atoms with Crippen LogP contribution in [0.5, 0.6) is 0 Å². The first-order valence-corrected chi connectivity index (χ1v) is 6.88. The predicted molar refractivity (Wildman–Crippen MR) is 73.3 cm³/mol. The summed E-state index contributed by atoms with van der Waals surface area (Å²) in [7, 11) is 0. The molecule has 3 aromatic heterocycles. The molecule has 7 nitrogen and oxygen atoms in total. The molecule has 98 valence electrons. The van der Waals surface area contributed by atoms with Crippen LogP contribution in [0.15, 0.2) is 6.07 Å². The van der Waals surface area contributed by atoms with Gasteiger partial charge in [-0.25, -0.2) is 9.97 Å². The zero-order chi connectivity index (χ0) is 13.2. The summed E-state index contributed by atoms with van der Waals surface area (Å²) in [6.45, 7) is 2.53. The fourth-order valence-corrected chi connectivity index (χ4v) is 2.86. The minimum atomic E-state index is 0.229. The lowest BCUT2D eigenvalue weighted by atomic mass is 10.3. The maximum atomic E-state index is 5.93. The largest absolute Gasteiger partial charge is 0.362 e. The van der Waals surface area contributed by atoms with Crippen LogP contribution in [0.1, 0.15) is 17.6 Å². The molecule has 9 heteroatoms. The Morgan fingerprint density at radius 3 is 3.05 bits per heavy atom. The standard InChI is InChI=1S/C10H10ClN7S/c1-2-5-3-6-8(12-4-7-15-17-18-16-7)13-10(11)14-9(6)19-5/h3H,2,4H2,1H3,(H,12,13,14)(H,15,16,17,18). The molecule has 0 fully saturated rings. The molecule has 0 saturated heterocycles. The van der Waals surface area contributed by atoms with Gasteiger partial charge in [0, 0.05) is 4.88 Å². The lowest BCUT2D eigenvalue weighted by Gasteiger charge is -2.04. The average Bonchev–Trinajstić information content (AvgIpc) is 3.04. The number of halogens is 1. The van der Waals surface area contributed by atoms with E-state index in [9.17, 15) is 0 Å². The van der Waals surface area contributed by atoms with Crippen molar-refractivity contribution in [1.29, 1.82) is 0 Å². The van der Waals surface area contributed by atoms with Gasteiger partial charge in [-0.1, -0.05) is 12.1 Å². The maximum absolute atomic E-state index is 5.93. The Kier molecular flexibility index (Phi) is 3.26. The van der Waals surface area contributed by atoms with Crippen molar-refractivity contribution in [2.24, 2.45) is 0 Å². The summed E-state index contributed by atoms with van der Waals surface area (Å²) in [6, 6.07) is 2.08. The summed E-state index contributed by atoms with van der Waals surface area (Å²) in [5.41, 5.74) is 0. The van der Waals surface area contributed by atoms with Crippen LogP contribution in [0.2, 0.25) is 5.28 Å². The summed E-state index contributed by atoms with van der Waals surface area (Å²) in [5.74, 6) is 1.25. The molecule has 3 aromatic rings. The van der Waals surface area contributed by atoms with Gasteiger partial charge in [-0.05, 0) is 24.1 Å². The van der Waals surface area contributed by atoms with E-state index in [-0.39, 0.29) is 5.28 Å². The Hall–Kier alpha value is -1.80. The summed E-state index contributed by atoms with van der Waals surface area (Å²) in [6.07, 6.45) is 0.961. The van der Waals surface area contributed by atoms with Gasteiger partial charge in [0.1, 0.15) is 10.6 Å². The number of anilines is 1.